The molecule has 1 aliphatic rings. The average molecular weight is 544 g/mol. The number of halogens is 1. The molecule has 0 atom stereocenters. The fraction of sp³-hybridized carbons (Fsp3) is 0.433. The zero-order valence-corrected chi connectivity index (χ0v) is 22.8. The van der Waals surface area contributed by atoms with E-state index in [0.717, 1.165) is 48.1 Å². The van der Waals surface area contributed by atoms with Crippen LogP contribution in [0.3, 0.4) is 0 Å². The van der Waals surface area contributed by atoms with Crippen LogP contribution in [0.4, 0.5) is 0 Å². The molecule has 0 radical (unpaired) electrons. The fourth-order valence-corrected chi connectivity index (χ4v) is 4.12. The van der Waals surface area contributed by atoms with Crippen molar-refractivity contribution in [3.8, 4) is 5.75 Å². The van der Waals surface area contributed by atoms with Crippen molar-refractivity contribution in [3.05, 3.63) is 99.1 Å². The van der Waals surface area contributed by atoms with Crippen LogP contribution in [0.1, 0.15) is 69.4 Å². The number of carbonyl (C=O) groups excluding carboxylic acids is 1. The summed E-state index contributed by atoms with van der Waals surface area (Å²) >= 11 is 5.88. The summed E-state index contributed by atoms with van der Waals surface area (Å²) in [5.74, 6) is 1.43. The number of esters is 1. The standard InChI is InChI=1S/C15H19ClO.C15H19NO5/c16-14-9-5-10-15(12-14)17-11-4-3-8-13-6-1-2-7-13;1-2-3-4-5-9-15(17)20-11-13-7-6-8-14(10-13)12-21-16(18)19/h3,5,8-10,12-13H,1-2,4,6-7,11H2;2-3,6-8,10H,4-5,9,11-12H2,1H3/b8-3+;3-2-. The van der Waals surface area contributed by atoms with Gasteiger partial charge in [-0.15, -0.1) is 10.1 Å². The maximum Gasteiger partial charge on any atom is 0.306 e. The summed E-state index contributed by atoms with van der Waals surface area (Å²) in [5.41, 5.74) is 1.44. The van der Waals surface area contributed by atoms with Gasteiger partial charge in [-0.2, -0.15) is 0 Å². The Hall–Kier alpha value is -3.32. The molecule has 1 aliphatic carbocycles. The van der Waals surface area contributed by atoms with Crippen LogP contribution < -0.4 is 4.74 Å². The van der Waals surface area contributed by atoms with Crippen LogP contribution in [0.5, 0.6) is 5.75 Å². The van der Waals surface area contributed by atoms with Crippen LogP contribution in [0.25, 0.3) is 0 Å². The molecule has 0 aromatic heterocycles. The third kappa shape index (κ3) is 14.4. The number of allylic oxidation sites excluding steroid dienone is 3. The second kappa shape index (κ2) is 18.9. The highest BCUT2D eigenvalue weighted by atomic mass is 35.5. The molecule has 8 heteroatoms. The summed E-state index contributed by atoms with van der Waals surface area (Å²) in [6, 6.07) is 14.5. The number of hydrogen-bond acceptors (Lipinski definition) is 6. The first-order valence-electron chi connectivity index (χ1n) is 13.1. The van der Waals surface area contributed by atoms with E-state index in [9.17, 15) is 14.9 Å². The fourth-order valence-electron chi connectivity index (χ4n) is 3.94. The van der Waals surface area contributed by atoms with Crippen LogP contribution in [-0.4, -0.2) is 17.7 Å². The largest absolute Gasteiger partial charge is 0.493 e. The molecule has 2 aromatic rings. The van der Waals surface area contributed by atoms with E-state index in [0.29, 0.717) is 12.0 Å². The maximum atomic E-state index is 11.5. The zero-order chi connectivity index (χ0) is 27.4. The van der Waals surface area contributed by atoms with E-state index in [-0.39, 0.29) is 19.2 Å². The van der Waals surface area contributed by atoms with Crippen molar-refractivity contribution in [2.45, 2.75) is 71.5 Å². The van der Waals surface area contributed by atoms with Crippen LogP contribution in [-0.2, 0) is 27.6 Å². The van der Waals surface area contributed by atoms with E-state index in [1.165, 1.54) is 25.7 Å². The quantitative estimate of drug-likeness (QED) is 0.0787. The first-order chi connectivity index (χ1) is 18.5. The third-order valence-corrected chi connectivity index (χ3v) is 6.11. The number of ether oxygens (including phenoxy) is 2. The van der Waals surface area contributed by atoms with Gasteiger partial charge < -0.3 is 14.3 Å². The molecule has 0 spiro atoms. The third-order valence-electron chi connectivity index (χ3n) is 5.87. The molecule has 2 aromatic carbocycles. The first-order valence-corrected chi connectivity index (χ1v) is 13.5. The maximum absolute atomic E-state index is 11.5. The van der Waals surface area contributed by atoms with E-state index in [4.69, 9.17) is 21.1 Å². The van der Waals surface area contributed by atoms with Gasteiger partial charge in [-0.25, -0.2) is 0 Å². The van der Waals surface area contributed by atoms with E-state index in [1.807, 2.05) is 43.3 Å². The minimum Gasteiger partial charge on any atom is -0.493 e. The van der Waals surface area contributed by atoms with Crippen LogP contribution in [0, 0.1) is 16.0 Å². The molecule has 206 valence electrons. The first kappa shape index (κ1) is 30.9. The Bertz CT molecular complexity index is 1030. The van der Waals surface area contributed by atoms with Gasteiger partial charge in [0.15, 0.2) is 0 Å². The van der Waals surface area contributed by atoms with Gasteiger partial charge in [0.05, 0.1) is 6.61 Å². The van der Waals surface area contributed by atoms with Crippen molar-refractivity contribution in [1.29, 1.82) is 0 Å². The highest BCUT2D eigenvalue weighted by Crippen LogP contribution is 2.25. The molecule has 0 saturated heterocycles. The minimum atomic E-state index is -0.836. The molecule has 1 saturated carbocycles. The van der Waals surface area contributed by atoms with Crippen LogP contribution in [0.2, 0.25) is 5.02 Å². The Morgan fingerprint density at radius 3 is 2.50 bits per heavy atom. The lowest BCUT2D eigenvalue weighted by molar-refractivity contribution is -0.763. The lowest BCUT2D eigenvalue weighted by Crippen LogP contribution is -2.05. The summed E-state index contributed by atoms with van der Waals surface area (Å²) in [6.07, 6.45) is 17.1. The molecule has 1 fully saturated rings. The predicted octanol–water partition coefficient (Wildman–Crippen LogP) is 8.04. The van der Waals surface area contributed by atoms with Crippen molar-refractivity contribution in [2.24, 2.45) is 5.92 Å². The van der Waals surface area contributed by atoms with Gasteiger partial charge >= 0.3 is 5.97 Å². The lowest BCUT2D eigenvalue weighted by atomic mass is 10.1. The molecule has 0 unspecified atom stereocenters. The van der Waals surface area contributed by atoms with E-state index in [1.54, 1.807) is 24.3 Å². The van der Waals surface area contributed by atoms with Crippen LogP contribution in [0.15, 0.2) is 72.8 Å². The lowest BCUT2D eigenvalue weighted by Gasteiger charge is -2.06. The van der Waals surface area contributed by atoms with Gasteiger partial charge in [-0.05, 0) is 74.3 Å². The highest BCUT2D eigenvalue weighted by molar-refractivity contribution is 6.30. The Balaban J connectivity index is 0.000000272. The summed E-state index contributed by atoms with van der Waals surface area (Å²) in [7, 11) is 0. The SMILES string of the molecule is C/C=C\CCCC(=O)OCc1cccc(CO[N+](=O)[O-])c1.Clc1cccc(OCC/C=C/C2CCCC2)c1. The second-order valence-electron chi connectivity index (χ2n) is 9.01. The van der Waals surface area contributed by atoms with Gasteiger partial charge in [-0.3, -0.25) is 4.79 Å². The number of nitrogens with zero attached hydrogens (tertiary/aromatic N) is 1. The molecular weight excluding hydrogens is 506 g/mol. The van der Waals surface area contributed by atoms with Gasteiger partial charge in [-0.1, -0.05) is 79.1 Å². The Morgan fingerprint density at radius 2 is 1.79 bits per heavy atom. The van der Waals surface area contributed by atoms with Gasteiger partial charge in [0.2, 0.25) is 0 Å². The Labute approximate surface area is 230 Å². The molecule has 38 heavy (non-hydrogen) atoms. The molecule has 0 bridgehead atoms. The average Bonchev–Trinajstić information content (AvgIpc) is 3.43. The molecule has 0 heterocycles. The summed E-state index contributed by atoms with van der Waals surface area (Å²) in [4.78, 5) is 25.9. The summed E-state index contributed by atoms with van der Waals surface area (Å²) < 4.78 is 10.8. The molecule has 0 aliphatic heterocycles. The summed E-state index contributed by atoms with van der Waals surface area (Å²) in [5, 5.41) is 10.0. The van der Waals surface area contributed by atoms with E-state index < -0.39 is 5.09 Å². The number of benzene rings is 2. The highest BCUT2D eigenvalue weighted by Gasteiger charge is 2.10. The smallest absolute Gasteiger partial charge is 0.306 e. The topological polar surface area (TPSA) is 87.9 Å². The van der Waals surface area contributed by atoms with Crippen LogP contribution >= 0.6 is 11.6 Å². The number of carbonyl (C=O) groups is 1. The zero-order valence-electron chi connectivity index (χ0n) is 22.1. The number of hydrogen-bond donors (Lipinski definition) is 0. The molecule has 0 N–H and O–H groups in total. The van der Waals surface area contributed by atoms with Crippen molar-refractivity contribution in [1.82, 2.24) is 0 Å². The monoisotopic (exact) mass is 543 g/mol. The Kier molecular flexibility index (Phi) is 15.3. The van der Waals surface area contributed by atoms with Gasteiger partial charge in [0, 0.05) is 11.4 Å². The van der Waals surface area contributed by atoms with Gasteiger partial charge in [0.1, 0.15) is 19.0 Å². The van der Waals surface area contributed by atoms with Crippen molar-refractivity contribution >= 4 is 17.6 Å². The van der Waals surface area contributed by atoms with Crippen molar-refractivity contribution < 1.29 is 24.2 Å². The van der Waals surface area contributed by atoms with Crippen molar-refractivity contribution in [2.75, 3.05) is 6.61 Å². The molecule has 7 nitrogen and oxygen atoms in total. The molecule has 0 amide bonds. The second-order valence-corrected chi connectivity index (χ2v) is 9.44. The summed E-state index contributed by atoms with van der Waals surface area (Å²) in [6.45, 7) is 2.71. The molecular formula is C30H38ClNO6. The van der Waals surface area contributed by atoms with E-state index >= 15 is 0 Å². The predicted molar refractivity (Wildman–Crippen MR) is 149 cm³/mol. The number of rotatable bonds is 14. The van der Waals surface area contributed by atoms with E-state index in [2.05, 4.69) is 17.0 Å². The van der Waals surface area contributed by atoms with Gasteiger partial charge in [0.25, 0.3) is 5.09 Å². The Morgan fingerprint density at radius 1 is 1.05 bits per heavy atom. The van der Waals surface area contributed by atoms with Crippen molar-refractivity contribution in [3.63, 3.8) is 0 Å². The minimum absolute atomic E-state index is 0.113. The normalized spacial score (nSPS) is 13.3. The number of unbranched alkanes of at least 4 members (excludes halogenated alkanes) is 1. The molecule has 3 rings (SSSR count).